The SMILES string of the molecule is COc1c(F)cccc1[C@H](N)CN. The van der Waals surface area contributed by atoms with Gasteiger partial charge in [-0.05, 0) is 6.07 Å². The van der Waals surface area contributed by atoms with E-state index >= 15 is 0 Å². The fourth-order valence-corrected chi connectivity index (χ4v) is 1.16. The van der Waals surface area contributed by atoms with Gasteiger partial charge in [-0.3, -0.25) is 0 Å². The van der Waals surface area contributed by atoms with Gasteiger partial charge < -0.3 is 16.2 Å². The Morgan fingerprint density at radius 1 is 1.54 bits per heavy atom. The van der Waals surface area contributed by atoms with Gasteiger partial charge in [-0.25, -0.2) is 4.39 Å². The summed E-state index contributed by atoms with van der Waals surface area (Å²) in [5, 5.41) is 0. The summed E-state index contributed by atoms with van der Waals surface area (Å²) in [4.78, 5) is 0. The average molecular weight is 184 g/mol. The normalized spacial score (nSPS) is 12.6. The predicted octanol–water partition coefficient (Wildman–Crippen LogP) is 0.793. The molecule has 1 atom stereocenters. The van der Waals surface area contributed by atoms with E-state index in [1.165, 1.54) is 13.2 Å². The number of ether oxygens (including phenoxy) is 1. The third-order valence-electron chi connectivity index (χ3n) is 1.85. The summed E-state index contributed by atoms with van der Waals surface area (Å²) in [5.74, 6) is -0.232. The van der Waals surface area contributed by atoms with Crippen LogP contribution in [0.15, 0.2) is 18.2 Å². The minimum absolute atomic E-state index is 0.181. The van der Waals surface area contributed by atoms with Gasteiger partial charge in [0, 0.05) is 18.2 Å². The van der Waals surface area contributed by atoms with Crippen LogP contribution in [0.3, 0.4) is 0 Å². The predicted molar refractivity (Wildman–Crippen MR) is 48.9 cm³/mol. The first-order valence-corrected chi connectivity index (χ1v) is 3.98. The molecule has 0 unspecified atom stereocenters. The second-order valence-electron chi connectivity index (χ2n) is 2.70. The Bertz CT molecular complexity index is 291. The molecule has 0 amide bonds. The highest BCUT2D eigenvalue weighted by Gasteiger charge is 2.13. The fourth-order valence-electron chi connectivity index (χ4n) is 1.16. The van der Waals surface area contributed by atoms with Crippen molar-refractivity contribution in [2.24, 2.45) is 11.5 Å². The molecule has 4 N–H and O–H groups in total. The smallest absolute Gasteiger partial charge is 0.165 e. The molecule has 1 rings (SSSR count). The van der Waals surface area contributed by atoms with Gasteiger partial charge in [0.1, 0.15) is 0 Å². The van der Waals surface area contributed by atoms with Crippen LogP contribution in [0.4, 0.5) is 4.39 Å². The molecule has 0 radical (unpaired) electrons. The van der Waals surface area contributed by atoms with E-state index in [0.717, 1.165) is 0 Å². The van der Waals surface area contributed by atoms with E-state index in [0.29, 0.717) is 5.56 Å². The van der Waals surface area contributed by atoms with Crippen LogP contribution >= 0.6 is 0 Å². The summed E-state index contributed by atoms with van der Waals surface area (Å²) in [7, 11) is 1.41. The second-order valence-corrected chi connectivity index (χ2v) is 2.70. The maximum Gasteiger partial charge on any atom is 0.165 e. The Hall–Kier alpha value is -1.13. The molecule has 1 aromatic rings. The zero-order valence-electron chi connectivity index (χ0n) is 7.46. The molecule has 0 aliphatic carbocycles. The van der Waals surface area contributed by atoms with Crippen LogP contribution in [0.2, 0.25) is 0 Å². The lowest BCUT2D eigenvalue weighted by Gasteiger charge is -2.13. The number of para-hydroxylation sites is 1. The number of halogens is 1. The van der Waals surface area contributed by atoms with Crippen LogP contribution in [0, 0.1) is 5.82 Å². The van der Waals surface area contributed by atoms with Crippen molar-refractivity contribution >= 4 is 0 Å². The zero-order chi connectivity index (χ0) is 9.84. The van der Waals surface area contributed by atoms with Crippen LogP contribution in [-0.4, -0.2) is 13.7 Å². The Morgan fingerprint density at radius 3 is 2.77 bits per heavy atom. The number of benzene rings is 1. The van der Waals surface area contributed by atoms with Gasteiger partial charge in [-0.2, -0.15) is 0 Å². The van der Waals surface area contributed by atoms with Gasteiger partial charge in [0.2, 0.25) is 0 Å². The van der Waals surface area contributed by atoms with E-state index < -0.39 is 5.82 Å². The molecule has 0 bridgehead atoms. The number of hydrogen-bond donors (Lipinski definition) is 2. The van der Waals surface area contributed by atoms with Crippen molar-refractivity contribution in [2.75, 3.05) is 13.7 Å². The minimum atomic E-state index is -0.413. The topological polar surface area (TPSA) is 61.3 Å². The summed E-state index contributed by atoms with van der Waals surface area (Å²) >= 11 is 0. The molecule has 0 saturated carbocycles. The van der Waals surface area contributed by atoms with Crippen LogP contribution in [0.5, 0.6) is 5.75 Å². The number of rotatable bonds is 3. The molecule has 0 heterocycles. The first-order chi connectivity index (χ1) is 6.20. The van der Waals surface area contributed by atoms with Crippen LogP contribution < -0.4 is 16.2 Å². The summed E-state index contributed by atoms with van der Waals surface area (Å²) in [6.07, 6.45) is 0. The lowest BCUT2D eigenvalue weighted by Crippen LogP contribution is -2.21. The first-order valence-electron chi connectivity index (χ1n) is 3.98. The second kappa shape index (κ2) is 4.20. The molecule has 13 heavy (non-hydrogen) atoms. The molecule has 0 saturated heterocycles. The minimum Gasteiger partial charge on any atom is -0.493 e. The molecular weight excluding hydrogens is 171 g/mol. The van der Waals surface area contributed by atoms with E-state index in [9.17, 15) is 4.39 Å². The third-order valence-corrected chi connectivity index (χ3v) is 1.85. The number of nitrogens with two attached hydrogens (primary N) is 2. The van der Waals surface area contributed by atoms with E-state index in [1.807, 2.05) is 0 Å². The van der Waals surface area contributed by atoms with Gasteiger partial charge in [0.25, 0.3) is 0 Å². The summed E-state index contributed by atoms with van der Waals surface area (Å²) < 4.78 is 18.0. The molecule has 3 nitrogen and oxygen atoms in total. The number of methoxy groups -OCH3 is 1. The van der Waals surface area contributed by atoms with Crippen molar-refractivity contribution in [3.8, 4) is 5.75 Å². The van der Waals surface area contributed by atoms with E-state index in [4.69, 9.17) is 16.2 Å². The molecule has 1 aromatic carbocycles. The lowest BCUT2D eigenvalue weighted by atomic mass is 10.1. The Morgan fingerprint density at radius 2 is 2.23 bits per heavy atom. The van der Waals surface area contributed by atoms with Crippen LogP contribution in [0.1, 0.15) is 11.6 Å². The van der Waals surface area contributed by atoms with Crippen molar-refractivity contribution < 1.29 is 9.13 Å². The zero-order valence-corrected chi connectivity index (χ0v) is 7.46. The van der Waals surface area contributed by atoms with Crippen molar-refractivity contribution in [1.29, 1.82) is 0 Å². The fraction of sp³-hybridized carbons (Fsp3) is 0.333. The maximum absolute atomic E-state index is 13.1. The van der Waals surface area contributed by atoms with E-state index in [1.54, 1.807) is 12.1 Å². The monoisotopic (exact) mass is 184 g/mol. The average Bonchev–Trinajstić information content (AvgIpc) is 2.16. The molecule has 0 fully saturated rings. The molecule has 0 spiro atoms. The van der Waals surface area contributed by atoms with Gasteiger partial charge >= 0.3 is 0 Å². The van der Waals surface area contributed by atoms with Crippen molar-refractivity contribution in [3.63, 3.8) is 0 Å². The lowest BCUT2D eigenvalue weighted by molar-refractivity contribution is 0.378. The highest BCUT2D eigenvalue weighted by atomic mass is 19.1. The number of hydrogen-bond acceptors (Lipinski definition) is 3. The maximum atomic E-state index is 13.1. The van der Waals surface area contributed by atoms with Crippen molar-refractivity contribution in [1.82, 2.24) is 0 Å². The van der Waals surface area contributed by atoms with Gasteiger partial charge in [0.05, 0.1) is 7.11 Å². The molecular formula is C9H13FN2O. The van der Waals surface area contributed by atoms with E-state index in [2.05, 4.69) is 0 Å². The molecule has 4 heteroatoms. The first kappa shape index (κ1) is 9.95. The molecule has 0 aliphatic heterocycles. The quantitative estimate of drug-likeness (QED) is 0.730. The van der Waals surface area contributed by atoms with Crippen molar-refractivity contribution in [3.05, 3.63) is 29.6 Å². The van der Waals surface area contributed by atoms with Crippen LogP contribution in [-0.2, 0) is 0 Å². The highest BCUT2D eigenvalue weighted by Crippen LogP contribution is 2.25. The summed E-state index contributed by atoms with van der Waals surface area (Å²) in [6, 6.07) is 4.24. The summed E-state index contributed by atoms with van der Waals surface area (Å²) in [5.41, 5.74) is 11.6. The Kier molecular flexibility index (Phi) is 3.22. The molecule has 72 valence electrons. The standard InChI is InChI=1S/C9H13FN2O/c1-13-9-6(8(12)5-11)3-2-4-7(9)10/h2-4,8H,5,11-12H2,1H3/t8-/m1/s1. The van der Waals surface area contributed by atoms with Gasteiger partial charge in [0.15, 0.2) is 11.6 Å². The Balaban J connectivity index is 3.12. The third kappa shape index (κ3) is 1.96. The van der Waals surface area contributed by atoms with Crippen molar-refractivity contribution in [2.45, 2.75) is 6.04 Å². The molecule has 0 aliphatic rings. The summed E-state index contributed by atoms with van der Waals surface area (Å²) in [6.45, 7) is 0.264. The Labute approximate surface area is 76.5 Å². The molecule has 0 aromatic heterocycles. The van der Waals surface area contributed by atoms with Crippen LogP contribution in [0.25, 0.3) is 0 Å². The largest absolute Gasteiger partial charge is 0.493 e. The van der Waals surface area contributed by atoms with Gasteiger partial charge in [-0.15, -0.1) is 0 Å². The van der Waals surface area contributed by atoms with E-state index in [-0.39, 0.29) is 18.3 Å². The highest BCUT2D eigenvalue weighted by molar-refractivity contribution is 5.37. The van der Waals surface area contributed by atoms with Gasteiger partial charge in [-0.1, -0.05) is 12.1 Å².